The number of halogens is 1. The molecule has 204 valence electrons. The topological polar surface area (TPSA) is 141 Å². The Morgan fingerprint density at radius 2 is 2.00 bits per heavy atom. The number of amides is 3. The zero-order valence-corrected chi connectivity index (χ0v) is 21.3. The molecule has 3 amide bonds. The van der Waals surface area contributed by atoms with Crippen LogP contribution in [0, 0.1) is 5.82 Å². The number of ketones is 1. The van der Waals surface area contributed by atoms with Crippen LogP contribution in [0.25, 0.3) is 22.3 Å². The fourth-order valence-corrected chi connectivity index (χ4v) is 5.21. The Labute approximate surface area is 227 Å². The minimum absolute atomic E-state index is 0.0428. The molecule has 4 heterocycles. The molecule has 0 radical (unpaired) electrons. The van der Waals surface area contributed by atoms with Crippen LogP contribution >= 0.6 is 0 Å². The van der Waals surface area contributed by atoms with E-state index in [-0.39, 0.29) is 43.7 Å². The molecule has 4 aromatic rings. The van der Waals surface area contributed by atoms with Crippen molar-refractivity contribution in [2.75, 3.05) is 25.0 Å². The van der Waals surface area contributed by atoms with Gasteiger partial charge >= 0.3 is 12.1 Å². The highest BCUT2D eigenvalue weighted by Gasteiger charge is 2.35. The molecule has 2 aromatic heterocycles. The van der Waals surface area contributed by atoms with Crippen LogP contribution in [0.5, 0.6) is 5.75 Å². The van der Waals surface area contributed by atoms with Gasteiger partial charge in [0.25, 0.3) is 0 Å². The summed E-state index contributed by atoms with van der Waals surface area (Å²) >= 11 is 0. The molecule has 0 saturated carbocycles. The number of carbonyl (C=O) groups is 3. The highest BCUT2D eigenvalue weighted by Crippen LogP contribution is 2.34. The number of hydrogen-bond donors (Lipinski definition) is 3. The summed E-state index contributed by atoms with van der Waals surface area (Å²) in [6.45, 7) is 1.20. The quantitative estimate of drug-likeness (QED) is 0.343. The predicted octanol–water partition coefficient (Wildman–Crippen LogP) is 4.57. The summed E-state index contributed by atoms with van der Waals surface area (Å²) in [5.41, 5.74) is 3.93. The number of aromatic nitrogens is 3. The van der Waals surface area contributed by atoms with E-state index in [9.17, 15) is 18.8 Å². The lowest BCUT2D eigenvalue weighted by atomic mass is 9.94. The first-order valence-corrected chi connectivity index (χ1v) is 12.8. The molecule has 6 rings (SSSR count). The van der Waals surface area contributed by atoms with Crippen LogP contribution in [0.3, 0.4) is 0 Å². The number of anilines is 1. The molecule has 0 bridgehead atoms. The average Bonchev–Trinajstić information content (AvgIpc) is 3.20. The Morgan fingerprint density at radius 1 is 1.12 bits per heavy atom. The van der Waals surface area contributed by atoms with E-state index >= 15 is 0 Å². The van der Waals surface area contributed by atoms with Gasteiger partial charge in [0.1, 0.15) is 24.0 Å². The normalized spacial score (nSPS) is 17.2. The van der Waals surface area contributed by atoms with E-state index in [1.54, 1.807) is 28.1 Å². The van der Waals surface area contributed by atoms with Crippen molar-refractivity contribution in [2.24, 2.45) is 0 Å². The Hall–Kier alpha value is -5.00. The average molecular weight is 545 g/mol. The van der Waals surface area contributed by atoms with Crippen LogP contribution in [0.2, 0.25) is 0 Å². The van der Waals surface area contributed by atoms with Gasteiger partial charge in [-0.15, -0.1) is 0 Å². The van der Waals surface area contributed by atoms with Gasteiger partial charge in [-0.05, 0) is 41.5 Å². The van der Waals surface area contributed by atoms with Gasteiger partial charge in [-0.1, -0.05) is 18.2 Å². The van der Waals surface area contributed by atoms with Crippen molar-refractivity contribution in [3.05, 3.63) is 71.7 Å². The number of Topliss-reactive ketones (excluding diaryl/α,β-unsaturated/α-hetero) is 1. The molecule has 0 aliphatic carbocycles. The molecule has 1 atom stereocenters. The van der Waals surface area contributed by atoms with Gasteiger partial charge < -0.3 is 24.6 Å². The molecule has 1 fully saturated rings. The number of urea groups is 1. The number of piperidine rings is 1. The second-order valence-electron chi connectivity index (χ2n) is 9.74. The van der Waals surface area contributed by atoms with Crippen molar-refractivity contribution in [3.8, 4) is 16.9 Å². The predicted molar refractivity (Wildman–Crippen MR) is 142 cm³/mol. The van der Waals surface area contributed by atoms with Crippen molar-refractivity contribution in [3.63, 3.8) is 0 Å². The Morgan fingerprint density at radius 3 is 2.83 bits per heavy atom. The molecule has 12 heteroatoms. The van der Waals surface area contributed by atoms with Gasteiger partial charge in [0.05, 0.1) is 24.6 Å². The van der Waals surface area contributed by atoms with E-state index in [1.165, 1.54) is 12.1 Å². The Balaban J connectivity index is 1.26. The number of pyridine rings is 1. The van der Waals surface area contributed by atoms with Gasteiger partial charge in [0, 0.05) is 36.7 Å². The number of aromatic amines is 1. The molecule has 11 nitrogen and oxygen atoms in total. The van der Waals surface area contributed by atoms with Crippen LogP contribution in [0.1, 0.15) is 30.0 Å². The lowest BCUT2D eigenvalue weighted by molar-refractivity contribution is -0.122. The zero-order chi connectivity index (χ0) is 27.8. The molecule has 2 aromatic carbocycles. The zero-order valence-electron chi connectivity index (χ0n) is 21.3. The van der Waals surface area contributed by atoms with E-state index in [0.29, 0.717) is 35.6 Å². The minimum Gasteiger partial charge on any atom is -0.491 e. The fourth-order valence-electron chi connectivity index (χ4n) is 5.21. The molecule has 1 saturated heterocycles. The summed E-state index contributed by atoms with van der Waals surface area (Å²) in [4.78, 5) is 51.7. The summed E-state index contributed by atoms with van der Waals surface area (Å²) in [5.74, 6) is 0.372. The van der Waals surface area contributed by atoms with Crippen molar-refractivity contribution >= 4 is 35.0 Å². The van der Waals surface area contributed by atoms with Crippen molar-refractivity contribution < 1.29 is 28.6 Å². The first kappa shape index (κ1) is 25.3. The van der Waals surface area contributed by atoms with Gasteiger partial charge in [-0.2, -0.15) is 4.98 Å². The smallest absolute Gasteiger partial charge is 0.411 e. The van der Waals surface area contributed by atoms with Gasteiger partial charge in [-0.25, -0.2) is 19.0 Å². The van der Waals surface area contributed by atoms with E-state index in [2.05, 4.69) is 20.3 Å². The molecular formula is C28H25FN6O5. The number of likely N-dealkylation sites (tertiary alicyclic amines) is 1. The Bertz CT molecular complexity index is 1640. The van der Waals surface area contributed by atoms with E-state index < -0.39 is 18.0 Å². The first-order valence-electron chi connectivity index (χ1n) is 12.8. The summed E-state index contributed by atoms with van der Waals surface area (Å²) in [5, 5.41) is 11.1. The van der Waals surface area contributed by atoms with Crippen molar-refractivity contribution in [1.82, 2.24) is 24.8 Å². The number of H-pyrrole nitrogens is 1. The van der Waals surface area contributed by atoms with Crippen molar-refractivity contribution in [2.45, 2.75) is 25.4 Å². The number of carbonyl (C=O) groups excluding carboxylic acids is 2. The maximum Gasteiger partial charge on any atom is 0.411 e. The number of carboxylic acid groups (broad SMARTS) is 1. The number of benzene rings is 2. The van der Waals surface area contributed by atoms with Crippen LogP contribution in [-0.2, 0) is 11.3 Å². The van der Waals surface area contributed by atoms with Gasteiger partial charge in [0.15, 0.2) is 5.65 Å². The van der Waals surface area contributed by atoms with Crippen LogP contribution in [-0.4, -0.2) is 67.5 Å². The molecule has 0 spiro atoms. The number of imidazole rings is 1. The lowest BCUT2D eigenvalue weighted by Crippen LogP contribution is -2.48. The summed E-state index contributed by atoms with van der Waals surface area (Å²) in [6.07, 6.45) is 0.815. The largest absolute Gasteiger partial charge is 0.491 e. The SMILES string of the molecule is O=C1CCN(C(=O)N2CCOc3ccc(-c4cnc5nc(NC(=O)O)[nH]c5c4)cc3C2)C(c2cccc(F)c2)C1. The second kappa shape index (κ2) is 10.3. The number of hydrogen-bond acceptors (Lipinski definition) is 6. The molecule has 1 unspecified atom stereocenters. The van der Waals surface area contributed by atoms with Gasteiger partial charge in [0.2, 0.25) is 5.95 Å². The number of ether oxygens (including phenoxy) is 1. The molecule has 3 N–H and O–H groups in total. The van der Waals surface area contributed by atoms with Crippen LogP contribution < -0.4 is 10.1 Å². The number of nitrogens with one attached hydrogen (secondary N) is 2. The van der Waals surface area contributed by atoms with Gasteiger partial charge in [-0.3, -0.25) is 10.1 Å². The monoisotopic (exact) mass is 544 g/mol. The van der Waals surface area contributed by atoms with Crippen LogP contribution in [0.15, 0.2) is 54.7 Å². The second-order valence-corrected chi connectivity index (χ2v) is 9.74. The maximum atomic E-state index is 14.0. The standard InChI is InChI=1S/C28H25FN6O5/c29-20-3-1-2-17(11-20)23-13-21(36)6-7-35(23)28(39)34-8-9-40-24-5-4-16(10-19(24)15-34)18-12-22-25(30-14-18)32-26(31-22)33-27(37)38/h1-5,10-12,14,23H,6-9,13,15H2,(H,37,38)(H2,30,31,32,33). The summed E-state index contributed by atoms with van der Waals surface area (Å²) in [7, 11) is 0. The first-order chi connectivity index (χ1) is 19.3. The third kappa shape index (κ3) is 5.03. The highest BCUT2D eigenvalue weighted by molar-refractivity contribution is 5.86. The number of fused-ring (bicyclic) bond motifs is 2. The van der Waals surface area contributed by atoms with Crippen molar-refractivity contribution in [1.29, 1.82) is 0 Å². The third-order valence-corrected chi connectivity index (χ3v) is 7.12. The third-order valence-electron chi connectivity index (χ3n) is 7.12. The minimum atomic E-state index is -1.23. The number of nitrogens with zero attached hydrogens (tertiary/aromatic N) is 4. The van der Waals surface area contributed by atoms with E-state index in [1.807, 2.05) is 24.3 Å². The molecule has 2 aliphatic rings. The summed E-state index contributed by atoms with van der Waals surface area (Å²) < 4.78 is 19.9. The number of rotatable bonds is 3. The maximum absolute atomic E-state index is 14.0. The molecule has 2 aliphatic heterocycles. The van der Waals surface area contributed by atoms with Crippen LogP contribution in [0.4, 0.5) is 19.9 Å². The van der Waals surface area contributed by atoms with E-state index in [4.69, 9.17) is 9.84 Å². The fraction of sp³-hybridized carbons (Fsp3) is 0.250. The molecule has 40 heavy (non-hydrogen) atoms. The summed E-state index contributed by atoms with van der Waals surface area (Å²) in [6, 6.07) is 12.8. The highest BCUT2D eigenvalue weighted by atomic mass is 19.1. The Kier molecular flexibility index (Phi) is 6.50. The van der Waals surface area contributed by atoms with E-state index in [0.717, 1.165) is 16.7 Å². The lowest BCUT2D eigenvalue weighted by Gasteiger charge is -2.38. The molecular weight excluding hydrogens is 519 g/mol.